The molecule has 2 amide bonds. The molecule has 0 fully saturated rings. The molecule has 0 radical (unpaired) electrons. The Hall–Kier alpha value is -3.46. The van der Waals surface area contributed by atoms with Crippen molar-refractivity contribution in [3.05, 3.63) is 48.0 Å². The molecule has 0 atom stereocenters. The van der Waals surface area contributed by atoms with Crippen LogP contribution in [0.15, 0.2) is 42.5 Å². The summed E-state index contributed by atoms with van der Waals surface area (Å²) in [5, 5.41) is 8.42. The number of carbonyl (C=O) groups is 2. The predicted octanol–water partition coefficient (Wildman–Crippen LogP) is 2.69. The Kier molecular flexibility index (Phi) is 6.02. The summed E-state index contributed by atoms with van der Waals surface area (Å²) < 4.78 is 5.23. The lowest BCUT2D eigenvalue weighted by molar-refractivity contribution is -0.115. The van der Waals surface area contributed by atoms with Crippen LogP contribution in [0.1, 0.15) is 12.5 Å². The number of nitrogens with one attached hydrogen (secondary N) is 3. The van der Waals surface area contributed by atoms with Crippen molar-refractivity contribution in [1.82, 2.24) is 0 Å². The molecule has 2 aromatic carbocycles. The summed E-state index contributed by atoms with van der Waals surface area (Å²) >= 11 is 0. The standard InChI is InChI=1S/C19H19N3O3/c1-4-14-6-5-7-15(10-14)20-12-19(24)22-17-11-16(21-13(2)23)8-9-18(17)25-3/h1,5-11,20H,12H2,2-3H3,(H,21,23)(H,22,24). The molecule has 0 saturated carbocycles. The van der Waals surface area contributed by atoms with Crippen LogP contribution in [0, 0.1) is 12.3 Å². The summed E-state index contributed by atoms with van der Waals surface area (Å²) in [6.45, 7) is 1.47. The summed E-state index contributed by atoms with van der Waals surface area (Å²) in [5.41, 5.74) is 2.52. The van der Waals surface area contributed by atoms with Gasteiger partial charge in [-0.2, -0.15) is 0 Å². The second kappa shape index (κ2) is 8.41. The quantitative estimate of drug-likeness (QED) is 0.708. The van der Waals surface area contributed by atoms with Crippen molar-refractivity contribution in [3.8, 4) is 18.1 Å². The first-order valence-electron chi connectivity index (χ1n) is 7.58. The largest absolute Gasteiger partial charge is 0.495 e. The molecule has 0 bridgehead atoms. The number of anilines is 3. The maximum absolute atomic E-state index is 12.2. The van der Waals surface area contributed by atoms with Gasteiger partial charge in [-0.3, -0.25) is 9.59 Å². The van der Waals surface area contributed by atoms with Gasteiger partial charge in [-0.1, -0.05) is 12.0 Å². The van der Waals surface area contributed by atoms with Crippen LogP contribution in [-0.4, -0.2) is 25.5 Å². The summed E-state index contributed by atoms with van der Waals surface area (Å²) in [7, 11) is 1.51. The Morgan fingerprint density at radius 3 is 2.60 bits per heavy atom. The van der Waals surface area contributed by atoms with Crippen LogP contribution >= 0.6 is 0 Å². The normalized spacial score (nSPS) is 9.64. The molecular weight excluding hydrogens is 318 g/mol. The lowest BCUT2D eigenvalue weighted by Gasteiger charge is -2.13. The van der Waals surface area contributed by atoms with Gasteiger partial charge in [-0.15, -0.1) is 6.42 Å². The van der Waals surface area contributed by atoms with E-state index >= 15 is 0 Å². The van der Waals surface area contributed by atoms with Crippen LogP contribution in [0.5, 0.6) is 5.75 Å². The minimum Gasteiger partial charge on any atom is -0.495 e. The molecule has 0 spiro atoms. The maximum atomic E-state index is 12.2. The van der Waals surface area contributed by atoms with Crippen molar-refractivity contribution in [3.63, 3.8) is 0 Å². The highest BCUT2D eigenvalue weighted by molar-refractivity contribution is 5.96. The van der Waals surface area contributed by atoms with Gasteiger partial charge in [0, 0.05) is 23.9 Å². The van der Waals surface area contributed by atoms with Crippen molar-refractivity contribution in [2.75, 3.05) is 29.6 Å². The smallest absolute Gasteiger partial charge is 0.243 e. The van der Waals surface area contributed by atoms with Gasteiger partial charge in [0.05, 0.1) is 19.3 Å². The van der Waals surface area contributed by atoms with E-state index < -0.39 is 0 Å². The summed E-state index contributed by atoms with van der Waals surface area (Å²) in [4.78, 5) is 23.3. The first-order chi connectivity index (χ1) is 12.0. The van der Waals surface area contributed by atoms with Crippen LogP contribution in [0.3, 0.4) is 0 Å². The second-order valence-corrected chi connectivity index (χ2v) is 5.22. The van der Waals surface area contributed by atoms with Crippen LogP contribution in [0.4, 0.5) is 17.1 Å². The Labute approximate surface area is 146 Å². The third kappa shape index (κ3) is 5.29. The number of ether oxygens (including phenoxy) is 1. The molecule has 25 heavy (non-hydrogen) atoms. The average molecular weight is 337 g/mol. The zero-order chi connectivity index (χ0) is 18.2. The van der Waals surface area contributed by atoms with Gasteiger partial charge in [-0.25, -0.2) is 0 Å². The van der Waals surface area contributed by atoms with Crippen molar-refractivity contribution >= 4 is 28.9 Å². The zero-order valence-corrected chi connectivity index (χ0v) is 14.1. The monoisotopic (exact) mass is 337 g/mol. The summed E-state index contributed by atoms with van der Waals surface area (Å²) in [6.07, 6.45) is 5.36. The molecule has 6 heteroatoms. The number of carbonyl (C=O) groups excluding carboxylic acids is 2. The zero-order valence-electron chi connectivity index (χ0n) is 14.1. The summed E-state index contributed by atoms with van der Waals surface area (Å²) in [6, 6.07) is 12.2. The molecule has 0 aromatic heterocycles. The number of benzene rings is 2. The molecule has 2 rings (SSSR count). The van der Waals surface area contributed by atoms with Crippen LogP contribution in [0.25, 0.3) is 0 Å². The SMILES string of the molecule is C#Cc1cccc(NCC(=O)Nc2cc(NC(C)=O)ccc2OC)c1. The fraction of sp³-hybridized carbons (Fsp3) is 0.158. The van der Waals surface area contributed by atoms with Crippen molar-refractivity contribution in [2.45, 2.75) is 6.92 Å². The highest BCUT2D eigenvalue weighted by atomic mass is 16.5. The van der Waals surface area contributed by atoms with E-state index in [-0.39, 0.29) is 18.4 Å². The van der Waals surface area contributed by atoms with E-state index in [9.17, 15) is 9.59 Å². The van der Waals surface area contributed by atoms with Gasteiger partial charge in [0.15, 0.2) is 0 Å². The molecule has 0 heterocycles. The molecule has 3 N–H and O–H groups in total. The van der Waals surface area contributed by atoms with E-state index in [0.29, 0.717) is 17.1 Å². The number of amides is 2. The molecule has 0 saturated heterocycles. The minimum absolute atomic E-state index is 0.0571. The number of methoxy groups -OCH3 is 1. The highest BCUT2D eigenvalue weighted by Gasteiger charge is 2.09. The Balaban J connectivity index is 2.03. The lowest BCUT2D eigenvalue weighted by atomic mass is 10.2. The maximum Gasteiger partial charge on any atom is 0.243 e. The fourth-order valence-corrected chi connectivity index (χ4v) is 2.18. The topological polar surface area (TPSA) is 79.5 Å². The van der Waals surface area contributed by atoms with Gasteiger partial charge in [0.2, 0.25) is 11.8 Å². The Morgan fingerprint density at radius 1 is 1.12 bits per heavy atom. The van der Waals surface area contributed by atoms with E-state index in [4.69, 9.17) is 11.2 Å². The summed E-state index contributed by atoms with van der Waals surface area (Å²) in [5.74, 6) is 2.58. The first-order valence-corrected chi connectivity index (χ1v) is 7.58. The third-order valence-electron chi connectivity index (χ3n) is 3.28. The van der Waals surface area contributed by atoms with Crippen molar-refractivity contribution in [2.24, 2.45) is 0 Å². The third-order valence-corrected chi connectivity index (χ3v) is 3.28. The van der Waals surface area contributed by atoms with Crippen LogP contribution in [0.2, 0.25) is 0 Å². The van der Waals surface area contributed by atoms with E-state index in [1.807, 2.05) is 18.2 Å². The van der Waals surface area contributed by atoms with Gasteiger partial charge < -0.3 is 20.7 Å². The second-order valence-electron chi connectivity index (χ2n) is 5.22. The van der Waals surface area contributed by atoms with Crippen molar-refractivity contribution in [1.29, 1.82) is 0 Å². The van der Waals surface area contributed by atoms with E-state index in [0.717, 1.165) is 11.3 Å². The molecule has 2 aromatic rings. The van der Waals surface area contributed by atoms with Gasteiger partial charge >= 0.3 is 0 Å². The average Bonchev–Trinajstić information content (AvgIpc) is 2.60. The van der Waals surface area contributed by atoms with Crippen LogP contribution < -0.4 is 20.7 Å². The van der Waals surface area contributed by atoms with E-state index in [1.54, 1.807) is 24.3 Å². The first kappa shape index (κ1) is 17.9. The van der Waals surface area contributed by atoms with Gasteiger partial charge in [0.25, 0.3) is 0 Å². The van der Waals surface area contributed by atoms with Crippen molar-refractivity contribution < 1.29 is 14.3 Å². The Morgan fingerprint density at radius 2 is 1.92 bits per heavy atom. The molecule has 0 aliphatic heterocycles. The minimum atomic E-state index is -0.260. The molecule has 128 valence electrons. The highest BCUT2D eigenvalue weighted by Crippen LogP contribution is 2.27. The predicted molar refractivity (Wildman–Crippen MR) is 98.8 cm³/mol. The number of terminal acetylenes is 1. The number of hydrogen-bond donors (Lipinski definition) is 3. The van der Waals surface area contributed by atoms with E-state index in [1.165, 1.54) is 14.0 Å². The van der Waals surface area contributed by atoms with Gasteiger partial charge in [-0.05, 0) is 36.4 Å². The Bertz CT molecular complexity index is 825. The molecule has 6 nitrogen and oxygen atoms in total. The fourth-order valence-electron chi connectivity index (χ4n) is 2.18. The molecule has 0 aliphatic carbocycles. The lowest BCUT2D eigenvalue weighted by Crippen LogP contribution is -2.22. The van der Waals surface area contributed by atoms with Crippen LogP contribution in [-0.2, 0) is 9.59 Å². The van der Waals surface area contributed by atoms with Gasteiger partial charge in [0.1, 0.15) is 5.75 Å². The van der Waals surface area contributed by atoms with E-state index in [2.05, 4.69) is 21.9 Å². The number of hydrogen-bond acceptors (Lipinski definition) is 4. The molecule has 0 aliphatic rings. The molecule has 0 unspecified atom stereocenters. The molecular formula is C19H19N3O3. The number of rotatable bonds is 6.